The second-order valence-electron chi connectivity index (χ2n) is 3.63. The van der Waals surface area contributed by atoms with E-state index < -0.39 is 23.0 Å². The predicted octanol–water partition coefficient (Wildman–Crippen LogP) is 3.54. The number of halogens is 3. The first-order valence-corrected chi connectivity index (χ1v) is 5.84. The number of benzene rings is 2. The average Bonchev–Trinajstić information content (AvgIpc) is 2.35. The minimum absolute atomic E-state index is 0.0294. The largest absolute Gasteiger partial charge is 0.398 e. The van der Waals surface area contributed by atoms with Crippen molar-refractivity contribution < 1.29 is 13.6 Å². The van der Waals surface area contributed by atoms with Crippen molar-refractivity contribution in [2.24, 2.45) is 0 Å². The third-order valence-corrected chi connectivity index (χ3v) is 3.09. The number of carbonyl (C=O) groups excluding carboxylic acids is 1. The minimum Gasteiger partial charge on any atom is -0.398 e. The van der Waals surface area contributed by atoms with Crippen LogP contribution in [0, 0.1) is 11.6 Å². The molecule has 2 aromatic carbocycles. The molecule has 0 radical (unpaired) electrons. The van der Waals surface area contributed by atoms with E-state index in [1.54, 1.807) is 12.1 Å². The van der Waals surface area contributed by atoms with Gasteiger partial charge in [0.05, 0.1) is 10.0 Å². The number of carbonyl (C=O) groups is 1. The van der Waals surface area contributed by atoms with Gasteiger partial charge in [0.1, 0.15) is 5.82 Å². The van der Waals surface area contributed by atoms with Crippen LogP contribution >= 0.6 is 15.9 Å². The standard InChI is InChI=1S/C13H8BrF2NO/c14-8-5-6-9(15)11(12(8)16)13(18)7-3-1-2-4-10(7)17/h1-6H,17H2. The summed E-state index contributed by atoms with van der Waals surface area (Å²) in [5.74, 6) is -2.61. The molecule has 2 N–H and O–H groups in total. The van der Waals surface area contributed by atoms with Gasteiger partial charge in [-0.1, -0.05) is 12.1 Å². The maximum absolute atomic E-state index is 13.8. The Morgan fingerprint density at radius 2 is 1.78 bits per heavy atom. The summed E-state index contributed by atoms with van der Waals surface area (Å²) in [5.41, 5.74) is 5.27. The Morgan fingerprint density at radius 3 is 2.44 bits per heavy atom. The highest BCUT2D eigenvalue weighted by atomic mass is 79.9. The van der Waals surface area contributed by atoms with Gasteiger partial charge in [0.15, 0.2) is 5.82 Å². The van der Waals surface area contributed by atoms with Crippen LogP contribution in [0.3, 0.4) is 0 Å². The van der Waals surface area contributed by atoms with Gasteiger partial charge >= 0.3 is 0 Å². The molecule has 2 rings (SSSR count). The number of rotatable bonds is 2. The number of nitrogens with two attached hydrogens (primary N) is 1. The van der Waals surface area contributed by atoms with Crippen molar-refractivity contribution in [2.45, 2.75) is 0 Å². The predicted molar refractivity (Wildman–Crippen MR) is 68.3 cm³/mol. The van der Waals surface area contributed by atoms with E-state index in [2.05, 4.69) is 15.9 Å². The Balaban J connectivity index is 2.61. The van der Waals surface area contributed by atoms with Gasteiger partial charge in [-0.05, 0) is 40.2 Å². The number of para-hydroxylation sites is 1. The lowest BCUT2D eigenvalue weighted by atomic mass is 10.0. The van der Waals surface area contributed by atoms with Gasteiger partial charge in [-0.25, -0.2) is 8.78 Å². The molecule has 0 unspecified atom stereocenters. The highest BCUT2D eigenvalue weighted by Gasteiger charge is 2.22. The Morgan fingerprint density at radius 1 is 1.11 bits per heavy atom. The molecule has 0 atom stereocenters. The number of ketones is 1. The van der Waals surface area contributed by atoms with Gasteiger partial charge in [0.2, 0.25) is 5.78 Å². The van der Waals surface area contributed by atoms with Crippen LogP contribution in [0.2, 0.25) is 0 Å². The highest BCUT2D eigenvalue weighted by molar-refractivity contribution is 9.10. The number of hydrogen-bond donors (Lipinski definition) is 1. The van der Waals surface area contributed by atoms with E-state index in [9.17, 15) is 13.6 Å². The fourth-order valence-electron chi connectivity index (χ4n) is 1.57. The van der Waals surface area contributed by atoms with Crippen molar-refractivity contribution in [3.05, 3.63) is 63.6 Å². The van der Waals surface area contributed by atoms with Gasteiger partial charge in [0, 0.05) is 11.3 Å². The Bertz CT molecular complexity index is 628. The molecule has 0 aromatic heterocycles. The summed E-state index contributed by atoms with van der Waals surface area (Å²) in [6.07, 6.45) is 0. The molecular weight excluding hydrogens is 304 g/mol. The SMILES string of the molecule is Nc1ccccc1C(=O)c1c(F)ccc(Br)c1F. The van der Waals surface area contributed by atoms with E-state index in [1.807, 2.05) is 0 Å². The Hall–Kier alpha value is -1.75. The molecule has 0 fully saturated rings. The lowest BCUT2D eigenvalue weighted by Gasteiger charge is -2.07. The van der Waals surface area contributed by atoms with Crippen LogP contribution in [-0.4, -0.2) is 5.78 Å². The van der Waals surface area contributed by atoms with Crippen LogP contribution in [0.1, 0.15) is 15.9 Å². The van der Waals surface area contributed by atoms with Crippen molar-refractivity contribution in [1.82, 2.24) is 0 Å². The molecule has 0 heterocycles. The monoisotopic (exact) mass is 311 g/mol. The molecule has 18 heavy (non-hydrogen) atoms. The molecule has 0 saturated carbocycles. The number of nitrogen functional groups attached to an aromatic ring is 1. The smallest absolute Gasteiger partial charge is 0.201 e. The summed E-state index contributed by atoms with van der Waals surface area (Å²) in [4.78, 5) is 12.1. The molecule has 0 amide bonds. The number of anilines is 1. The molecule has 5 heteroatoms. The molecule has 0 bridgehead atoms. The van der Waals surface area contributed by atoms with Crippen LogP contribution in [0.15, 0.2) is 40.9 Å². The van der Waals surface area contributed by atoms with Crippen molar-refractivity contribution in [1.29, 1.82) is 0 Å². The van der Waals surface area contributed by atoms with Crippen LogP contribution in [0.4, 0.5) is 14.5 Å². The van der Waals surface area contributed by atoms with Crippen LogP contribution < -0.4 is 5.73 Å². The summed E-state index contributed by atoms with van der Waals surface area (Å²) >= 11 is 2.91. The molecule has 0 aliphatic carbocycles. The Labute approximate surface area is 111 Å². The molecule has 0 saturated heterocycles. The molecule has 92 valence electrons. The van der Waals surface area contributed by atoms with Gasteiger partial charge in [-0.2, -0.15) is 0 Å². The van der Waals surface area contributed by atoms with Crippen molar-refractivity contribution >= 4 is 27.4 Å². The highest BCUT2D eigenvalue weighted by Crippen LogP contribution is 2.25. The van der Waals surface area contributed by atoms with Crippen LogP contribution in [0.25, 0.3) is 0 Å². The van der Waals surface area contributed by atoms with E-state index in [-0.39, 0.29) is 15.7 Å². The topological polar surface area (TPSA) is 43.1 Å². The molecule has 0 aliphatic rings. The third-order valence-electron chi connectivity index (χ3n) is 2.48. The van der Waals surface area contributed by atoms with Crippen LogP contribution in [0.5, 0.6) is 0 Å². The van der Waals surface area contributed by atoms with Gasteiger partial charge in [-0.15, -0.1) is 0 Å². The van der Waals surface area contributed by atoms with Crippen LogP contribution in [-0.2, 0) is 0 Å². The van der Waals surface area contributed by atoms with E-state index in [1.165, 1.54) is 18.2 Å². The lowest BCUT2D eigenvalue weighted by molar-refractivity contribution is 0.103. The summed E-state index contributed by atoms with van der Waals surface area (Å²) in [6.45, 7) is 0. The zero-order chi connectivity index (χ0) is 13.3. The first-order valence-electron chi connectivity index (χ1n) is 5.05. The zero-order valence-corrected chi connectivity index (χ0v) is 10.7. The summed E-state index contributed by atoms with van der Waals surface area (Å²) in [5, 5.41) is 0. The van der Waals surface area contributed by atoms with E-state index in [0.717, 1.165) is 6.07 Å². The average molecular weight is 312 g/mol. The summed E-state index contributed by atoms with van der Waals surface area (Å²) in [6, 6.07) is 8.38. The first kappa shape index (κ1) is 12.7. The maximum Gasteiger partial charge on any atom is 0.201 e. The lowest BCUT2D eigenvalue weighted by Crippen LogP contribution is -2.10. The summed E-state index contributed by atoms with van der Waals surface area (Å²) < 4.78 is 27.4. The summed E-state index contributed by atoms with van der Waals surface area (Å²) in [7, 11) is 0. The molecule has 2 aromatic rings. The van der Waals surface area contributed by atoms with Gasteiger partial charge < -0.3 is 5.73 Å². The second-order valence-corrected chi connectivity index (χ2v) is 4.49. The molecular formula is C13H8BrF2NO. The molecule has 2 nitrogen and oxygen atoms in total. The third kappa shape index (κ3) is 2.13. The molecule has 0 aliphatic heterocycles. The van der Waals surface area contributed by atoms with E-state index in [0.29, 0.717) is 0 Å². The minimum atomic E-state index is -0.928. The fourth-order valence-corrected chi connectivity index (χ4v) is 1.90. The number of hydrogen-bond acceptors (Lipinski definition) is 2. The Kier molecular flexibility index (Phi) is 3.43. The van der Waals surface area contributed by atoms with Crippen molar-refractivity contribution in [3.63, 3.8) is 0 Å². The normalized spacial score (nSPS) is 10.4. The van der Waals surface area contributed by atoms with Crippen molar-refractivity contribution in [2.75, 3.05) is 5.73 Å². The van der Waals surface area contributed by atoms with E-state index in [4.69, 9.17) is 5.73 Å². The quantitative estimate of drug-likeness (QED) is 0.523. The van der Waals surface area contributed by atoms with Gasteiger partial charge in [-0.3, -0.25) is 4.79 Å². The second kappa shape index (κ2) is 4.86. The first-order chi connectivity index (χ1) is 8.52. The molecule has 0 spiro atoms. The van der Waals surface area contributed by atoms with Gasteiger partial charge in [0.25, 0.3) is 0 Å². The zero-order valence-electron chi connectivity index (χ0n) is 9.08. The maximum atomic E-state index is 13.8. The van der Waals surface area contributed by atoms with E-state index >= 15 is 0 Å². The van der Waals surface area contributed by atoms with Crippen molar-refractivity contribution in [3.8, 4) is 0 Å². The fraction of sp³-hybridized carbons (Fsp3) is 0.